The van der Waals surface area contributed by atoms with Crippen molar-refractivity contribution in [1.82, 2.24) is 14.9 Å². The van der Waals surface area contributed by atoms with Crippen LogP contribution in [0.5, 0.6) is 0 Å². The molecule has 0 radical (unpaired) electrons. The first-order chi connectivity index (χ1) is 9.97. The van der Waals surface area contributed by atoms with E-state index in [0.29, 0.717) is 26.2 Å². The molecular weight excluding hydrogens is 296 g/mol. The predicted octanol–water partition coefficient (Wildman–Crippen LogP) is -0.868. The van der Waals surface area contributed by atoms with Crippen molar-refractivity contribution in [2.75, 3.05) is 30.9 Å². The van der Waals surface area contributed by atoms with Crippen molar-refractivity contribution in [1.29, 1.82) is 0 Å². The summed E-state index contributed by atoms with van der Waals surface area (Å²) in [6.07, 6.45) is 0. The molecule has 1 aromatic carbocycles. The van der Waals surface area contributed by atoms with Crippen LogP contribution in [-0.2, 0) is 10.2 Å². The number of anilines is 1. The number of fused-ring (bicyclic) bond motifs is 1. The van der Waals surface area contributed by atoms with E-state index < -0.39 is 22.0 Å². The first-order valence-corrected chi connectivity index (χ1v) is 7.90. The monoisotopic (exact) mass is 310 g/mol. The van der Waals surface area contributed by atoms with Crippen molar-refractivity contribution in [3.05, 3.63) is 29.3 Å². The lowest BCUT2D eigenvalue weighted by Crippen LogP contribution is -2.48. The summed E-state index contributed by atoms with van der Waals surface area (Å²) in [5, 5.41) is 5.23. The molecule has 9 heteroatoms. The van der Waals surface area contributed by atoms with Crippen LogP contribution in [0.3, 0.4) is 0 Å². The minimum Gasteiger partial charge on any atom is -0.314 e. The lowest BCUT2D eigenvalue weighted by atomic mass is 10.1. The molecule has 0 aromatic heterocycles. The number of rotatable bonds is 3. The van der Waals surface area contributed by atoms with Gasteiger partial charge in [0.15, 0.2) is 0 Å². The molecule has 0 saturated carbocycles. The maximum atomic E-state index is 12.2. The summed E-state index contributed by atoms with van der Waals surface area (Å²) in [5.41, 5.74) is 0.697. The normalized spacial score (nSPS) is 19.2. The molecule has 8 nitrogen and oxygen atoms in total. The fraction of sp³-hybridized carbons (Fsp3) is 0.333. The van der Waals surface area contributed by atoms with Gasteiger partial charge in [-0.25, -0.2) is 0 Å². The maximum Gasteiger partial charge on any atom is 0.301 e. The van der Waals surface area contributed by atoms with E-state index in [-0.39, 0.29) is 16.8 Å². The summed E-state index contributed by atoms with van der Waals surface area (Å²) >= 11 is 0. The molecule has 0 aliphatic carbocycles. The lowest BCUT2D eigenvalue weighted by molar-refractivity contribution is 0.0879. The first-order valence-electron chi connectivity index (χ1n) is 6.46. The maximum absolute atomic E-state index is 12.2. The standard InChI is InChI=1S/C12H14N4O4S/c17-11-9-2-1-8(7-10(9)12(18)14-11)15-21(19,20)16-5-3-13-4-6-16/h1-2,7,13,15H,3-6H2,(H,14,17,18). The van der Waals surface area contributed by atoms with Gasteiger partial charge in [0.25, 0.3) is 11.8 Å². The van der Waals surface area contributed by atoms with Crippen molar-refractivity contribution in [3.8, 4) is 0 Å². The smallest absolute Gasteiger partial charge is 0.301 e. The molecule has 3 rings (SSSR count). The molecule has 1 aromatic rings. The topological polar surface area (TPSA) is 108 Å². The van der Waals surface area contributed by atoms with E-state index in [1.165, 1.54) is 22.5 Å². The van der Waals surface area contributed by atoms with Gasteiger partial charge < -0.3 is 5.32 Å². The van der Waals surface area contributed by atoms with Gasteiger partial charge in [0.2, 0.25) is 0 Å². The number of carbonyl (C=O) groups is 2. The number of imide groups is 1. The second kappa shape index (κ2) is 5.10. The number of amides is 2. The van der Waals surface area contributed by atoms with Gasteiger partial charge >= 0.3 is 10.2 Å². The summed E-state index contributed by atoms with van der Waals surface area (Å²) in [6.45, 7) is 1.97. The van der Waals surface area contributed by atoms with Crippen LogP contribution < -0.4 is 15.4 Å². The van der Waals surface area contributed by atoms with Gasteiger partial charge in [-0.1, -0.05) is 0 Å². The quantitative estimate of drug-likeness (QED) is 0.629. The van der Waals surface area contributed by atoms with Gasteiger partial charge in [-0.2, -0.15) is 12.7 Å². The van der Waals surface area contributed by atoms with E-state index in [4.69, 9.17) is 0 Å². The third-order valence-electron chi connectivity index (χ3n) is 3.40. The van der Waals surface area contributed by atoms with Crippen LogP contribution >= 0.6 is 0 Å². The summed E-state index contributed by atoms with van der Waals surface area (Å²) in [5.74, 6) is -0.982. The molecule has 0 spiro atoms. The van der Waals surface area contributed by atoms with Crippen LogP contribution in [0.4, 0.5) is 5.69 Å². The Kier molecular flexibility index (Phi) is 3.40. The van der Waals surface area contributed by atoms with Crippen LogP contribution in [0.2, 0.25) is 0 Å². The molecule has 3 N–H and O–H groups in total. The molecule has 2 amide bonds. The molecule has 112 valence electrons. The van der Waals surface area contributed by atoms with E-state index in [0.717, 1.165) is 0 Å². The number of piperazine rings is 1. The molecule has 0 bridgehead atoms. The highest BCUT2D eigenvalue weighted by Crippen LogP contribution is 2.21. The molecular formula is C12H14N4O4S. The Morgan fingerprint density at radius 1 is 1.05 bits per heavy atom. The van der Waals surface area contributed by atoms with Crippen LogP contribution in [0.1, 0.15) is 20.7 Å². The van der Waals surface area contributed by atoms with Gasteiger partial charge in [0.05, 0.1) is 16.8 Å². The van der Waals surface area contributed by atoms with E-state index >= 15 is 0 Å². The SMILES string of the molecule is O=C1NC(=O)c2cc(NS(=O)(=O)N3CCNCC3)ccc21. The van der Waals surface area contributed by atoms with Crippen molar-refractivity contribution >= 4 is 27.7 Å². The third-order valence-corrected chi connectivity index (χ3v) is 4.94. The van der Waals surface area contributed by atoms with Crippen LogP contribution in [0.15, 0.2) is 18.2 Å². The second-order valence-corrected chi connectivity index (χ2v) is 6.47. The van der Waals surface area contributed by atoms with Gasteiger partial charge in [-0.3, -0.25) is 19.6 Å². The Morgan fingerprint density at radius 3 is 2.43 bits per heavy atom. The Morgan fingerprint density at radius 2 is 1.71 bits per heavy atom. The highest BCUT2D eigenvalue weighted by molar-refractivity contribution is 7.90. The number of hydrogen-bond acceptors (Lipinski definition) is 5. The van der Waals surface area contributed by atoms with Gasteiger partial charge in [0.1, 0.15) is 0 Å². The van der Waals surface area contributed by atoms with Gasteiger partial charge in [-0.05, 0) is 18.2 Å². The molecule has 2 aliphatic heterocycles. The first kappa shape index (κ1) is 14.0. The van der Waals surface area contributed by atoms with E-state index in [1.54, 1.807) is 0 Å². The molecule has 2 aliphatic rings. The number of nitrogens with one attached hydrogen (secondary N) is 3. The number of nitrogens with zero attached hydrogens (tertiary/aromatic N) is 1. The zero-order chi connectivity index (χ0) is 15.0. The number of hydrogen-bond donors (Lipinski definition) is 3. The van der Waals surface area contributed by atoms with Crippen LogP contribution in [-0.4, -0.2) is 50.7 Å². The third kappa shape index (κ3) is 2.62. The van der Waals surface area contributed by atoms with Crippen molar-refractivity contribution in [2.45, 2.75) is 0 Å². The summed E-state index contributed by atoms with van der Waals surface area (Å²) in [6, 6.07) is 4.28. The Balaban J connectivity index is 1.84. The fourth-order valence-corrected chi connectivity index (χ4v) is 3.55. The minimum atomic E-state index is -3.66. The van der Waals surface area contributed by atoms with Gasteiger partial charge in [0, 0.05) is 26.2 Å². The zero-order valence-electron chi connectivity index (χ0n) is 11.0. The average Bonchev–Trinajstić information content (AvgIpc) is 2.74. The number of carbonyl (C=O) groups excluding carboxylic acids is 2. The molecule has 0 unspecified atom stereocenters. The van der Waals surface area contributed by atoms with Crippen LogP contribution in [0, 0.1) is 0 Å². The largest absolute Gasteiger partial charge is 0.314 e. The molecule has 1 fully saturated rings. The summed E-state index contributed by atoms with van der Waals surface area (Å²) in [4.78, 5) is 23.0. The van der Waals surface area contributed by atoms with Crippen LogP contribution in [0.25, 0.3) is 0 Å². The van der Waals surface area contributed by atoms with Crippen molar-refractivity contribution < 1.29 is 18.0 Å². The van der Waals surface area contributed by atoms with Crippen molar-refractivity contribution in [2.24, 2.45) is 0 Å². The minimum absolute atomic E-state index is 0.181. The predicted molar refractivity (Wildman–Crippen MR) is 75.2 cm³/mol. The Labute approximate surface area is 121 Å². The van der Waals surface area contributed by atoms with Crippen molar-refractivity contribution in [3.63, 3.8) is 0 Å². The van der Waals surface area contributed by atoms with Gasteiger partial charge in [-0.15, -0.1) is 0 Å². The van der Waals surface area contributed by atoms with E-state index in [1.807, 2.05) is 0 Å². The number of benzene rings is 1. The molecule has 0 atom stereocenters. The Hall–Kier alpha value is -1.97. The molecule has 21 heavy (non-hydrogen) atoms. The second-order valence-electron chi connectivity index (χ2n) is 4.80. The zero-order valence-corrected chi connectivity index (χ0v) is 11.9. The summed E-state index contributed by atoms with van der Waals surface area (Å²) in [7, 11) is -3.66. The molecule has 2 heterocycles. The molecule has 1 saturated heterocycles. The van der Waals surface area contributed by atoms with E-state index in [2.05, 4.69) is 15.4 Å². The van der Waals surface area contributed by atoms with E-state index in [9.17, 15) is 18.0 Å². The average molecular weight is 310 g/mol. The highest BCUT2D eigenvalue weighted by Gasteiger charge is 2.28. The Bertz CT molecular complexity index is 710. The summed E-state index contributed by atoms with van der Waals surface area (Å²) < 4.78 is 28.2. The highest BCUT2D eigenvalue weighted by atomic mass is 32.2. The lowest BCUT2D eigenvalue weighted by Gasteiger charge is -2.26. The fourth-order valence-electron chi connectivity index (χ4n) is 2.33.